The molecule has 0 saturated heterocycles. The van der Waals surface area contributed by atoms with Gasteiger partial charge in [0.2, 0.25) is 0 Å². The Kier molecular flexibility index (Phi) is 5.64. The van der Waals surface area contributed by atoms with E-state index in [4.69, 9.17) is 10.00 Å². The van der Waals surface area contributed by atoms with Crippen LogP contribution in [-0.4, -0.2) is 11.6 Å². The SMILES string of the molecule is CCCCCCOc1ccc2cc(-c3ccc(C#N)cn3)ccc2c1. The standard InChI is InChI=1S/C22H22N2O/c1-2-3-4-5-12-25-21-10-9-18-13-20(8-7-19(18)14-21)22-11-6-17(15-23)16-24-22/h6-11,13-14,16H,2-5,12H2,1H3. The maximum absolute atomic E-state index is 8.87. The van der Waals surface area contributed by atoms with Crippen LogP contribution in [0.5, 0.6) is 5.75 Å². The van der Waals surface area contributed by atoms with Crippen LogP contribution >= 0.6 is 0 Å². The van der Waals surface area contributed by atoms with Crippen molar-refractivity contribution in [2.45, 2.75) is 32.6 Å². The van der Waals surface area contributed by atoms with Crippen molar-refractivity contribution in [1.29, 1.82) is 5.26 Å². The van der Waals surface area contributed by atoms with Crippen molar-refractivity contribution in [2.24, 2.45) is 0 Å². The lowest BCUT2D eigenvalue weighted by Crippen LogP contribution is -1.97. The van der Waals surface area contributed by atoms with Gasteiger partial charge in [-0.2, -0.15) is 5.26 Å². The number of aromatic nitrogens is 1. The molecule has 0 fully saturated rings. The average molecular weight is 330 g/mol. The van der Waals surface area contributed by atoms with Gasteiger partial charge in [0.05, 0.1) is 17.9 Å². The summed E-state index contributed by atoms with van der Waals surface area (Å²) in [6, 6.07) is 18.2. The molecular weight excluding hydrogens is 308 g/mol. The molecule has 3 nitrogen and oxygen atoms in total. The molecule has 0 bridgehead atoms. The van der Waals surface area contributed by atoms with E-state index in [9.17, 15) is 0 Å². The second-order valence-corrected chi connectivity index (χ2v) is 6.18. The van der Waals surface area contributed by atoms with Crippen molar-refractivity contribution in [3.05, 3.63) is 60.3 Å². The topological polar surface area (TPSA) is 45.9 Å². The van der Waals surface area contributed by atoms with E-state index in [0.29, 0.717) is 5.56 Å². The Balaban J connectivity index is 1.73. The lowest BCUT2D eigenvalue weighted by atomic mass is 10.0. The summed E-state index contributed by atoms with van der Waals surface area (Å²) in [6.07, 6.45) is 6.45. The van der Waals surface area contributed by atoms with Crippen LogP contribution < -0.4 is 4.74 Å². The number of fused-ring (bicyclic) bond motifs is 1. The third-order valence-corrected chi connectivity index (χ3v) is 4.27. The summed E-state index contributed by atoms with van der Waals surface area (Å²) in [5.74, 6) is 0.924. The summed E-state index contributed by atoms with van der Waals surface area (Å²) >= 11 is 0. The number of ether oxygens (including phenoxy) is 1. The van der Waals surface area contributed by atoms with E-state index in [0.717, 1.165) is 40.8 Å². The molecule has 3 heteroatoms. The van der Waals surface area contributed by atoms with Crippen LogP contribution in [0.1, 0.15) is 38.2 Å². The predicted molar refractivity (Wildman–Crippen MR) is 102 cm³/mol. The fraction of sp³-hybridized carbons (Fsp3) is 0.273. The number of benzene rings is 2. The molecule has 1 heterocycles. The largest absolute Gasteiger partial charge is 0.494 e. The van der Waals surface area contributed by atoms with Gasteiger partial charge in [-0.25, -0.2) is 0 Å². The molecule has 25 heavy (non-hydrogen) atoms. The lowest BCUT2D eigenvalue weighted by Gasteiger charge is -2.08. The summed E-state index contributed by atoms with van der Waals surface area (Å²) in [6.45, 7) is 2.99. The first kappa shape index (κ1) is 17.0. The molecule has 0 amide bonds. The molecule has 0 N–H and O–H groups in total. The molecule has 0 radical (unpaired) electrons. The van der Waals surface area contributed by atoms with Gasteiger partial charge in [0, 0.05) is 11.8 Å². The van der Waals surface area contributed by atoms with Gasteiger partial charge in [-0.05, 0) is 47.5 Å². The molecule has 0 spiro atoms. The molecule has 0 aliphatic rings. The second-order valence-electron chi connectivity index (χ2n) is 6.18. The molecule has 126 valence electrons. The molecule has 0 aliphatic heterocycles. The highest BCUT2D eigenvalue weighted by atomic mass is 16.5. The number of hydrogen-bond donors (Lipinski definition) is 0. The van der Waals surface area contributed by atoms with Gasteiger partial charge in [-0.1, -0.05) is 44.4 Å². The van der Waals surface area contributed by atoms with Crippen molar-refractivity contribution < 1.29 is 4.74 Å². The maximum atomic E-state index is 8.87. The molecule has 0 aliphatic carbocycles. The first-order chi connectivity index (χ1) is 12.3. The van der Waals surface area contributed by atoms with Gasteiger partial charge in [0.1, 0.15) is 11.8 Å². The van der Waals surface area contributed by atoms with Crippen molar-refractivity contribution in [2.75, 3.05) is 6.61 Å². The molecule has 3 aromatic rings. The lowest BCUT2D eigenvalue weighted by molar-refractivity contribution is 0.305. The molecule has 3 rings (SSSR count). The highest BCUT2D eigenvalue weighted by Crippen LogP contribution is 2.26. The molecule has 0 atom stereocenters. The van der Waals surface area contributed by atoms with Crippen LogP contribution in [0.15, 0.2) is 54.7 Å². The molecule has 2 aromatic carbocycles. The van der Waals surface area contributed by atoms with E-state index in [-0.39, 0.29) is 0 Å². The predicted octanol–water partition coefficient (Wildman–Crippen LogP) is 5.73. The van der Waals surface area contributed by atoms with E-state index >= 15 is 0 Å². The molecular formula is C22H22N2O. The zero-order valence-electron chi connectivity index (χ0n) is 14.5. The van der Waals surface area contributed by atoms with Gasteiger partial charge in [-0.15, -0.1) is 0 Å². The Morgan fingerprint density at radius 2 is 1.80 bits per heavy atom. The van der Waals surface area contributed by atoms with Crippen molar-refractivity contribution in [1.82, 2.24) is 4.98 Å². The van der Waals surface area contributed by atoms with E-state index in [1.807, 2.05) is 12.1 Å². The summed E-state index contributed by atoms with van der Waals surface area (Å²) in [5.41, 5.74) is 2.49. The third-order valence-electron chi connectivity index (χ3n) is 4.27. The normalized spacial score (nSPS) is 10.6. The van der Waals surface area contributed by atoms with Crippen LogP contribution in [0.2, 0.25) is 0 Å². The quantitative estimate of drug-likeness (QED) is 0.519. The number of nitriles is 1. The Morgan fingerprint density at radius 1 is 0.960 bits per heavy atom. The van der Waals surface area contributed by atoms with E-state index in [1.54, 1.807) is 12.3 Å². The fourth-order valence-corrected chi connectivity index (χ4v) is 2.82. The van der Waals surface area contributed by atoms with Gasteiger partial charge >= 0.3 is 0 Å². The summed E-state index contributed by atoms with van der Waals surface area (Å²) in [7, 11) is 0. The molecule has 1 aromatic heterocycles. The Bertz CT molecular complexity index is 879. The summed E-state index contributed by atoms with van der Waals surface area (Å²) < 4.78 is 5.86. The minimum Gasteiger partial charge on any atom is -0.494 e. The van der Waals surface area contributed by atoms with E-state index in [2.05, 4.69) is 48.3 Å². The Hall–Kier alpha value is -2.86. The van der Waals surface area contributed by atoms with Crippen LogP contribution in [0.3, 0.4) is 0 Å². The smallest absolute Gasteiger partial charge is 0.119 e. The minimum atomic E-state index is 0.574. The van der Waals surface area contributed by atoms with Gasteiger partial charge in [-0.3, -0.25) is 4.98 Å². The van der Waals surface area contributed by atoms with Crippen molar-refractivity contribution in [3.8, 4) is 23.1 Å². The number of nitrogens with zero attached hydrogens (tertiary/aromatic N) is 2. The summed E-state index contributed by atoms with van der Waals surface area (Å²) in [5, 5.41) is 11.2. The van der Waals surface area contributed by atoms with E-state index < -0.39 is 0 Å². The van der Waals surface area contributed by atoms with Gasteiger partial charge in [0.15, 0.2) is 0 Å². The van der Waals surface area contributed by atoms with Crippen LogP contribution in [0.25, 0.3) is 22.0 Å². The fourth-order valence-electron chi connectivity index (χ4n) is 2.82. The number of pyridine rings is 1. The molecule has 0 saturated carbocycles. The summed E-state index contributed by atoms with van der Waals surface area (Å²) in [4.78, 5) is 4.36. The zero-order valence-corrected chi connectivity index (χ0v) is 14.5. The van der Waals surface area contributed by atoms with Crippen molar-refractivity contribution in [3.63, 3.8) is 0 Å². The first-order valence-corrected chi connectivity index (χ1v) is 8.83. The molecule has 0 unspecified atom stereocenters. The number of rotatable bonds is 7. The third kappa shape index (κ3) is 4.36. The zero-order chi connectivity index (χ0) is 17.5. The van der Waals surface area contributed by atoms with Crippen LogP contribution in [0.4, 0.5) is 0 Å². The monoisotopic (exact) mass is 330 g/mol. The number of unbranched alkanes of at least 4 members (excludes halogenated alkanes) is 3. The maximum Gasteiger partial charge on any atom is 0.119 e. The van der Waals surface area contributed by atoms with Crippen LogP contribution in [0, 0.1) is 11.3 Å². The van der Waals surface area contributed by atoms with Gasteiger partial charge in [0.25, 0.3) is 0 Å². The Morgan fingerprint density at radius 3 is 2.56 bits per heavy atom. The first-order valence-electron chi connectivity index (χ1n) is 8.83. The van der Waals surface area contributed by atoms with Gasteiger partial charge < -0.3 is 4.74 Å². The minimum absolute atomic E-state index is 0.574. The average Bonchev–Trinajstić information content (AvgIpc) is 2.67. The van der Waals surface area contributed by atoms with Crippen LogP contribution in [-0.2, 0) is 0 Å². The van der Waals surface area contributed by atoms with E-state index in [1.165, 1.54) is 19.3 Å². The highest BCUT2D eigenvalue weighted by Gasteiger charge is 2.03. The van der Waals surface area contributed by atoms with Crippen molar-refractivity contribution >= 4 is 10.8 Å². The highest BCUT2D eigenvalue weighted by molar-refractivity contribution is 5.87. The Labute approximate surface area is 148 Å². The second kappa shape index (κ2) is 8.30. The number of hydrogen-bond acceptors (Lipinski definition) is 3.